The van der Waals surface area contributed by atoms with Crippen LogP contribution in [-0.4, -0.2) is 57.4 Å². The molecule has 0 aliphatic carbocycles. The largest absolute Gasteiger partial charge is 0.497 e. The maximum Gasteiger partial charge on any atom is 0.352 e. The van der Waals surface area contributed by atoms with Gasteiger partial charge in [0.2, 0.25) is 0 Å². The number of benzene rings is 2. The lowest BCUT2D eigenvalue weighted by molar-refractivity contribution is 0.252. The number of thiophene rings is 1. The molecule has 10 heteroatoms. The lowest BCUT2D eigenvalue weighted by atomic mass is 10.2. The van der Waals surface area contributed by atoms with E-state index in [1.165, 1.54) is 27.9 Å². The third kappa shape index (κ3) is 4.22. The Balaban J connectivity index is 1.26. The maximum atomic E-state index is 13.3. The average Bonchev–Trinajstić information content (AvgIpc) is 3.56. The Labute approximate surface area is 210 Å². The number of nitrogens with zero attached hydrogens (tertiary/aromatic N) is 6. The van der Waals surface area contributed by atoms with Crippen LogP contribution in [-0.2, 0) is 13.1 Å². The van der Waals surface area contributed by atoms with Crippen LogP contribution in [0.25, 0.3) is 15.9 Å². The molecule has 0 radical (unpaired) electrons. The zero-order chi connectivity index (χ0) is 24.6. The molecule has 1 aliphatic rings. The van der Waals surface area contributed by atoms with E-state index >= 15 is 0 Å². The molecule has 0 spiro atoms. The Hall–Kier alpha value is -3.76. The number of piperazine rings is 1. The molecule has 5 aromatic rings. The van der Waals surface area contributed by atoms with Gasteiger partial charge in [0.15, 0.2) is 5.65 Å². The Morgan fingerprint density at radius 2 is 1.75 bits per heavy atom. The Morgan fingerprint density at radius 1 is 1.00 bits per heavy atom. The first-order chi connectivity index (χ1) is 17.6. The first kappa shape index (κ1) is 22.7. The van der Waals surface area contributed by atoms with Gasteiger partial charge in [0.05, 0.1) is 19.0 Å². The van der Waals surface area contributed by atoms with Crippen LogP contribution in [0, 0.1) is 5.82 Å². The summed E-state index contributed by atoms with van der Waals surface area (Å²) in [7, 11) is 1.64. The fraction of sp³-hybridized carbons (Fsp3) is 0.269. The molecule has 0 unspecified atom stereocenters. The zero-order valence-corrected chi connectivity index (χ0v) is 20.6. The molecule has 36 heavy (non-hydrogen) atoms. The van der Waals surface area contributed by atoms with E-state index in [1.54, 1.807) is 23.0 Å². The van der Waals surface area contributed by atoms with Crippen molar-refractivity contribution >= 4 is 32.9 Å². The van der Waals surface area contributed by atoms with Gasteiger partial charge in [-0.25, -0.2) is 14.2 Å². The molecule has 3 aromatic heterocycles. The molecule has 8 nitrogen and oxygen atoms in total. The fourth-order valence-corrected chi connectivity index (χ4v) is 5.91. The summed E-state index contributed by atoms with van der Waals surface area (Å²) in [6.07, 6.45) is 1.43. The van der Waals surface area contributed by atoms with Crippen molar-refractivity contribution in [2.45, 2.75) is 13.1 Å². The van der Waals surface area contributed by atoms with E-state index in [0.717, 1.165) is 59.9 Å². The summed E-state index contributed by atoms with van der Waals surface area (Å²) in [5.41, 5.74) is 2.44. The van der Waals surface area contributed by atoms with E-state index in [9.17, 15) is 9.18 Å². The second kappa shape index (κ2) is 9.36. The molecule has 0 bridgehead atoms. The quantitative estimate of drug-likeness (QED) is 0.352. The third-order valence-corrected chi connectivity index (χ3v) is 7.80. The molecule has 184 valence electrons. The minimum atomic E-state index is -0.214. The molecule has 6 rings (SSSR count). The van der Waals surface area contributed by atoms with Crippen LogP contribution in [0.3, 0.4) is 0 Å². The third-order valence-electron chi connectivity index (χ3n) is 6.65. The van der Waals surface area contributed by atoms with Crippen molar-refractivity contribution < 1.29 is 9.13 Å². The SMILES string of the molecule is COc1ccc(Cn2c(=O)n3ncnc3c3cc(CN4CCN(c5ccc(F)cc5)CC4)sc32)cc1. The predicted octanol–water partition coefficient (Wildman–Crippen LogP) is 3.62. The zero-order valence-electron chi connectivity index (χ0n) is 19.8. The summed E-state index contributed by atoms with van der Waals surface area (Å²) in [5.74, 6) is 0.565. The van der Waals surface area contributed by atoms with Crippen molar-refractivity contribution in [2.24, 2.45) is 0 Å². The first-order valence-corrected chi connectivity index (χ1v) is 12.6. The van der Waals surface area contributed by atoms with E-state index in [-0.39, 0.29) is 11.5 Å². The summed E-state index contributed by atoms with van der Waals surface area (Å²) < 4.78 is 21.7. The number of rotatable bonds is 6. The topological polar surface area (TPSA) is 67.9 Å². The van der Waals surface area contributed by atoms with Gasteiger partial charge in [0.1, 0.15) is 22.7 Å². The number of halogens is 1. The standard InChI is InChI=1S/C26H25FN6O2S/c1-35-21-8-2-18(3-9-21)15-32-25-23(24-28-17-29-33(24)26(32)34)14-22(36-25)16-30-10-12-31(13-11-30)20-6-4-19(27)5-7-20/h2-9,14,17H,10-13,15-16H2,1H3. The van der Waals surface area contributed by atoms with E-state index in [1.807, 2.05) is 36.4 Å². The van der Waals surface area contributed by atoms with Gasteiger partial charge in [-0.15, -0.1) is 11.3 Å². The smallest absolute Gasteiger partial charge is 0.352 e. The van der Waals surface area contributed by atoms with Crippen molar-refractivity contribution in [3.05, 3.63) is 87.7 Å². The highest BCUT2D eigenvalue weighted by molar-refractivity contribution is 7.18. The Kier molecular flexibility index (Phi) is 5.90. The second-order valence-electron chi connectivity index (χ2n) is 8.88. The van der Waals surface area contributed by atoms with Crippen LogP contribution in [0.15, 0.2) is 65.7 Å². The van der Waals surface area contributed by atoms with Crippen LogP contribution < -0.4 is 15.3 Å². The minimum absolute atomic E-state index is 0.202. The number of aromatic nitrogens is 4. The number of ether oxygens (including phenoxy) is 1. The van der Waals surface area contributed by atoms with Gasteiger partial charge in [0, 0.05) is 43.3 Å². The second-order valence-corrected chi connectivity index (χ2v) is 10.00. The van der Waals surface area contributed by atoms with Gasteiger partial charge in [0.25, 0.3) is 0 Å². The monoisotopic (exact) mass is 504 g/mol. The van der Waals surface area contributed by atoms with E-state index in [4.69, 9.17) is 4.74 Å². The van der Waals surface area contributed by atoms with Crippen LogP contribution in [0.4, 0.5) is 10.1 Å². The number of hydrogen-bond acceptors (Lipinski definition) is 7. The maximum absolute atomic E-state index is 13.3. The summed E-state index contributed by atoms with van der Waals surface area (Å²) in [6, 6.07) is 16.6. The van der Waals surface area contributed by atoms with Crippen molar-refractivity contribution in [3.8, 4) is 5.75 Å². The predicted molar refractivity (Wildman–Crippen MR) is 139 cm³/mol. The molecule has 0 saturated carbocycles. The van der Waals surface area contributed by atoms with Gasteiger partial charge >= 0.3 is 5.69 Å². The molecule has 0 amide bonds. The number of methoxy groups -OCH3 is 1. The molecule has 1 aliphatic heterocycles. The van der Waals surface area contributed by atoms with Crippen molar-refractivity contribution in [2.75, 3.05) is 38.2 Å². The van der Waals surface area contributed by atoms with E-state index in [0.29, 0.717) is 12.2 Å². The van der Waals surface area contributed by atoms with Crippen molar-refractivity contribution in [1.82, 2.24) is 24.1 Å². The molecule has 1 saturated heterocycles. The van der Waals surface area contributed by atoms with Crippen LogP contribution >= 0.6 is 11.3 Å². The van der Waals surface area contributed by atoms with Gasteiger partial charge < -0.3 is 9.64 Å². The van der Waals surface area contributed by atoms with Gasteiger partial charge in [-0.05, 0) is 48.0 Å². The number of hydrogen-bond donors (Lipinski definition) is 0. The molecule has 0 atom stereocenters. The molecule has 1 fully saturated rings. The van der Waals surface area contributed by atoms with Gasteiger partial charge in [-0.1, -0.05) is 12.1 Å². The summed E-state index contributed by atoms with van der Waals surface area (Å²) in [5, 5.41) is 5.12. The van der Waals surface area contributed by atoms with Gasteiger partial charge in [-0.2, -0.15) is 9.61 Å². The first-order valence-electron chi connectivity index (χ1n) is 11.8. The summed E-state index contributed by atoms with van der Waals surface area (Å²) >= 11 is 1.64. The molecule has 0 N–H and O–H groups in total. The van der Waals surface area contributed by atoms with E-state index in [2.05, 4.69) is 25.9 Å². The van der Waals surface area contributed by atoms with Gasteiger partial charge in [-0.3, -0.25) is 9.47 Å². The summed E-state index contributed by atoms with van der Waals surface area (Å²) in [6.45, 7) is 4.81. The van der Waals surface area contributed by atoms with E-state index < -0.39 is 0 Å². The van der Waals surface area contributed by atoms with Crippen LogP contribution in [0.2, 0.25) is 0 Å². The Morgan fingerprint density at radius 3 is 2.47 bits per heavy atom. The lowest BCUT2D eigenvalue weighted by Gasteiger charge is -2.35. The molecule has 4 heterocycles. The lowest BCUT2D eigenvalue weighted by Crippen LogP contribution is -2.45. The highest BCUT2D eigenvalue weighted by atomic mass is 32.1. The van der Waals surface area contributed by atoms with Crippen LogP contribution in [0.1, 0.15) is 10.4 Å². The van der Waals surface area contributed by atoms with Crippen LogP contribution in [0.5, 0.6) is 5.75 Å². The minimum Gasteiger partial charge on any atom is -0.497 e. The number of anilines is 1. The molecule has 2 aromatic carbocycles. The molecular formula is C26H25FN6O2S. The fourth-order valence-electron chi connectivity index (χ4n) is 4.73. The normalized spacial score (nSPS) is 14.7. The van der Waals surface area contributed by atoms with Crippen molar-refractivity contribution in [3.63, 3.8) is 0 Å². The highest BCUT2D eigenvalue weighted by Gasteiger charge is 2.21. The Bertz CT molecular complexity index is 1570. The van der Waals surface area contributed by atoms with Crippen molar-refractivity contribution in [1.29, 1.82) is 0 Å². The molecular weight excluding hydrogens is 479 g/mol. The average molecular weight is 505 g/mol. The number of fused-ring (bicyclic) bond motifs is 3. The summed E-state index contributed by atoms with van der Waals surface area (Å²) in [4.78, 5) is 24.4. The highest BCUT2D eigenvalue weighted by Crippen LogP contribution is 2.29.